The number of nitrogens with zero attached hydrogens (tertiary/aromatic N) is 1. The van der Waals surface area contributed by atoms with Crippen LogP contribution >= 0.6 is 0 Å². The summed E-state index contributed by atoms with van der Waals surface area (Å²) in [4.78, 5) is 26.8. The summed E-state index contributed by atoms with van der Waals surface area (Å²) in [6.45, 7) is 3.21. The lowest BCUT2D eigenvalue weighted by atomic mass is 9.93. The molecule has 0 bridgehead atoms. The molecule has 2 fully saturated rings. The zero-order valence-electron chi connectivity index (χ0n) is 13.5. The molecule has 0 aliphatic carbocycles. The van der Waals surface area contributed by atoms with Gasteiger partial charge in [-0.25, -0.2) is 0 Å². The van der Waals surface area contributed by atoms with Crippen molar-refractivity contribution in [2.45, 2.75) is 25.7 Å². The van der Waals surface area contributed by atoms with Gasteiger partial charge in [-0.15, -0.1) is 0 Å². The molecule has 2 aliphatic rings. The zero-order valence-corrected chi connectivity index (χ0v) is 13.5. The van der Waals surface area contributed by atoms with Crippen LogP contribution in [0.2, 0.25) is 0 Å². The Balaban J connectivity index is 1.48. The molecule has 1 unspecified atom stereocenters. The van der Waals surface area contributed by atoms with Gasteiger partial charge in [-0.05, 0) is 44.4 Å². The molecule has 2 heterocycles. The van der Waals surface area contributed by atoms with E-state index in [0.29, 0.717) is 13.1 Å². The second-order valence-corrected chi connectivity index (χ2v) is 6.50. The number of carbonyl (C=O) groups excluding carboxylic acids is 2. The van der Waals surface area contributed by atoms with E-state index < -0.39 is 0 Å². The number of benzene rings is 1. The van der Waals surface area contributed by atoms with Gasteiger partial charge >= 0.3 is 0 Å². The average Bonchev–Trinajstić information content (AvgIpc) is 2.63. The maximum atomic E-state index is 12.5. The average molecular weight is 315 g/mol. The lowest BCUT2D eigenvalue weighted by molar-refractivity contribution is -0.138. The molecular formula is C18H25N3O2. The number of hydrogen-bond acceptors (Lipinski definition) is 3. The van der Waals surface area contributed by atoms with E-state index in [-0.39, 0.29) is 23.7 Å². The number of piperidine rings is 2. The summed E-state index contributed by atoms with van der Waals surface area (Å²) < 4.78 is 0. The van der Waals surface area contributed by atoms with E-state index in [2.05, 4.69) is 10.6 Å². The Bertz CT molecular complexity index is 532. The lowest BCUT2D eigenvalue weighted by Gasteiger charge is -2.34. The quantitative estimate of drug-likeness (QED) is 0.895. The minimum Gasteiger partial charge on any atom is -0.342 e. The number of amides is 2. The molecule has 0 aromatic heterocycles. The van der Waals surface area contributed by atoms with E-state index in [0.717, 1.165) is 44.5 Å². The SMILES string of the molecule is O=C(Nc1ccccc1)C1CCN(C(=O)C2CCCNC2)CC1. The number of para-hydroxylation sites is 1. The van der Waals surface area contributed by atoms with Crippen molar-refractivity contribution in [2.24, 2.45) is 11.8 Å². The van der Waals surface area contributed by atoms with Crippen molar-refractivity contribution in [3.05, 3.63) is 30.3 Å². The molecule has 5 nitrogen and oxygen atoms in total. The summed E-state index contributed by atoms with van der Waals surface area (Å²) in [5.74, 6) is 0.462. The topological polar surface area (TPSA) is 61.4 Å². The molecule has 2 aliphatic heterocycles. The first-order valence-electron chi connectivity index (χ1n) is 8.59. The van der Waals surface area contributed by atoms with E-state index in [9.17, 15) is 9.59 Å². The first-order chi connectivity index (χ1) is 11.2. The highest BCUT2D eigenvalue weighted by atomic mass is 16.2. The van der Waals surface area contributed by atoms with Crippen LogP contribution in [-0.4, -0.2) is 42.9 Å². The van der Waals surface area contributed by atoms with Crippen LogP contribution in [0.3, 0.4) is 0 Å². The monoisotopic (exact) mass is 315 g/mol. The van der Waals surface area contributed by atoms with E-state index in [1.165, 1.54) is 0 Å². The largest absolute Gasteiger partial charge is 0.342 e. The van der Waals surface area contributed by atoms with Crippen molar-refractivity contribution < 1.29 is 9.59 Å². The Labute approximate surface area is 137 Å². The third-order valence-electron chi connectivity index (χ3n) is 4.86. The van der Waals surface area contributed by atoms with E-state index in [1.54, 1.807) is 0 Å². The number of anilines is 1. The highest BCUT2D eigenvalue weighted by Crippen LogP contribution is 2.22. The molecule has 0 spiro atoms. The van der Waals surface area contributed by atoms with Gasteiger partial charge in [-0.2, -0.15) is 0 Å². The molecule has 3 rings (SSSR count). The van der Waals surface area contributed by atoms with Crippen molar-refractivity contribution in [3.63, 3.8) is 0 Å². The van der Waals surface area contributed by atoms with Crippen LogP contribution in [0.1, 0.15) is 25.7 Å². The minimum absolute atomic E-state index is 0.00346. The van der Waals surface area contributed by atoms with Gasteiger partial charge in [0.2, 0.25) is 11.8 Å². The van der Waals surface area contributed by atoms with Crippen LogP contribution < -0.4 is 10.6 Å². The third kappa shape index (κ3) is 4.10. The fraction of sp³-hybridized carbons (Fsp3) is 0.556. The number of rotatable bonds is 3. The number of hydrogen-bond donors (Lipinski definition) is 2. The first-order valence-corrected chi connectivity index (χ1v) is 8.59. The lowest BCUT2D eigenvalue weighted by Crippen LogP contribution is -2.47. The second-order valence-electron chi connectivity index (χ2n) is 6.50. The highest BCUT2D eigenvalue weighted by molar-refractivity contribution is 5.92. The Morgan fingerprint density at radius 2 is 1.78 bits per heavy atom. The van der Waals surface area contributed by atoms with Gasteiger partial charge in [0.15, 0.2) is 0 Å². The maximum Gasteiger partial charge on any atom is 0.227 e. The predicted molar refractivity (Wildman–Crippen MR) is 90.0 cm³/mol. The fourth-order valence-electron chi connectivity index (χ4n) is 3.45. The van der Waals surface area contributed by atoms with Crippen molar-refractivity contribution in [3.8, 4) is 0 Å². The number of nitrogens with one attached hydrogen (secondary N) is 2. The van der Waals surface area contributed by atoms with Gasteiger partial charge in [-0.1, -0.05) is 18.2 Å². The Morgan fingerprint density at radius 1 is 1.04 bits per heavy atom. The van der Waals surface area contributed by atoms with Gasteiger partial charge in [0.1, 0.15) is 0 Å². The summed E-state index contributed by atoms with van der Waals surface area (Å²) in [6, 6.07) is 9.54. The van der Waals surface area contributed by atoms with Crippen molar-refractivity contribution >= 4 is 17.5 Å². The second kappa shape index (κ2) is 7.59. The standard InChI is InChI=1S/C18H25N3O2/c22-17(20-16-6-2-1-3-7-16)14-8-11-21(12-9-14)18(23)15-5-4-10-19-13-15/h1-3,6-7,14-15,19H,4-5,8-13H2,(H,20,22). The molecule has 0 radical (unpaired) electrons. The summed E-state index contributed by atoms with van der Waals surface area (Å²) in [6.07, 6.45) is 3.57. The van der Waals surface area contributed by atoms with Crippen LogP contribution in [0.4, 0.5) is 5.69 Å². The van der Waals surface area contributed by atoms with Crippen LogP contribution in [0, 0.1) is 11.8 Å². The Hall–Kier alpha value is -1.88. The molecule has 1 aromatic carbocycles. The van der Waals surface area contributed by atoms with E-state index in [4.69, 9.17) is 0 Å². The summed E-state index contributed by atoms with van der Waals surface area (Å²) >= 11 is 0. The van der Waals surface area contributed by atoms with Crippen molar-refractivity contribution in [2.75, 3.05) is 31.5 Å². The molecule has 2 saturated heterocycles. The van der Waals surface area contributed by atoms with Gasteiger partial charge < -0.3 is 15.5 Å². The molecule has 2 N–H and O–H groups in total. The van der Waals surface area contributed by atoms with Crippen LogP contribution in [0.5, 0.6) is 0 Å². The highest BCUT2D eigenvalue weighted by Gasteiger charge is 2.31. The summed E-state index contributed by atoms with van der Waals surface area (Å²) in [5.41, 5.74) is 0.837. The first kappa shape index (κ1) is 16.0. The van der Waals surface area contributed by atoms with E-state index >= 15 is 0 Å². The van der Waals surface area contributed by atoms with Crippen LogP contribution in [0.15, 0.2) is 30.3 Å². The zero-order chi connectivity index (χ0) is 16.1. The van der Waals surface area contributed by atoms with Crippen molar-refractivity contribution in [1.82, 2.24) is 10.2 Å². The predicted octanol–water partition coefficient (Wildman–Crippen LogP) is 1.86. The summed E-state index contributed by atoms with van der Waals surface area (Å²) in [5, 5.41) is 6.26. The van der Waals surface area contributed by atoms with Gasteiger partial charge in [0.05, 0.1) is 5.92 Å². The minimum atomic E-state index is 0.00346. The fourth-order valence-corrected chi connectivity index (χ4v) is 3.45. The Morgan fingerprint density at radius 3 is 2.43 bits per heavy atom. The molecule has 0 saturated carbocycles. The summed E-state index contributed by atoms with van der Waals surface area (Å²) in [7, 11) is 0. The van der Waals surface area contributed by atoms with E-state index in [1.807, 2.05) is 35.2 Å². The molecule has 1 atom stereocenters. The third-order valence-corrected chi connectivity index (χ3v) is 4.86. The van der Waals surface area contributed by atoms with Crippen molar-refractivity contribution in [1.29, 1.82) is 0 Å². The molecule has 124 valence electrons. The van der Waals surface area contributed by atoms with Crippen LogP contribution in [-0.2, 0) is 9.59 Å². The van der Waals surface area contributed by atoms with Crippen LogP contribution in [0.25, 0.3) is 0 Å². The molecule has 2 amide bonds. The van der Waals surface area contributed by atoms with Gasteiger partial charge in [-0.3, -0.25) is 9.59 Å². The van der Waals surface area contributed by atoms with Gasteiger partial charge in [0.25, 0.3) is 0 Å². The number of carbonyl (C=O) groups is 2. The molecular weight excluding hydrogens is 290 g/mol. The molecule has 5 heteroatoms. The smallest absolute Gasteiger partial charge is 0.227 e. The molecule has 1 aromatic rings. The normalized spacial score (nSPS) is 22.6. The van der Waals surface area contributed by atoms with Gasteiger partial charge in [0, 0.05) is 31.2 Å². The molecule has 23 heavy (non-hydrogen) atoms. The Kier molecular flexibility index (Phi) is 5.28. The maximum absolute atomic E-state index is 12.5. The number of likely N-dealkylation sites (tertiary alicyclic amines) is 1.